The van der Waals surface area contributed by atoms with Gasteiger partial charge < -0.3 is 15.0 Å². The van der Waals surface area contributed by atoms with E-state index in [4.69, 9.17) is 4.74 Å². The van der Waals surface area contributed by atoms with E-state index in [1.807, 2.05) is 62.4 Å². The Morgan fingerprint density at radius 1 is 1.15 bits per heavy atom. The lowest BCUT2D eigenvalue weighted by Gasteiger charge is -2.20. The second-order valence-electron chi connectivity index (χ2n) is 6.58. The number of nitrogens with zero attached hydrogens (tertiary/aromatic N) is 1. The summed E-state index contributed by atoms with van der Waals surface area (Å²) < 4.78 is 5.57. The van der Waals surface area contributed by atoms with Crippen LogP contribution in [0.1, 0.15) is 17.5 Å². The maximum Gasteiger partial charge on any atom is 0.227 e. The van der Waals surface area contributed by atoms with E-state index in [9.17, 15) is 9.59 Å². The van der Waals surface area contributed by atoms with Crippen LogP contribution >= 0.6 is 0 Å². The molecule has 2 aromatic rings. The van der Waals surface area contributed by atoms with Crippen molar-refractivity contribution < 1.29 is 14.3 Å². The second kappa shape index (κ2) is 8.04. The summed E-state index contributed by atoms with van der Waals surface area (Å²) in [5.41, 5.74) is 3.12. The molecule has 1 heterocycles. The molecular weight excluding hydrogens is 328 g/mol. The molecule has 0 spiro atoms. The molecule has 1 fully saturated rings. The van der Waals surface area contributed by atoms with Gasteiger partial charge in [-0.25, -0.2) is 0 Å². The van der Waals surface area contributed by atoms with Gasteiger partial charge in [0.25, 0.3) is 0 Å². The van der Waals surface area contributed by atoms with Gasteiger partial charge in [-0.2, -0.15) is 0 Å². The first-order chi connectivity index (χ1) is 12.6. The Balaban J connectivity index is 1.51. The van der Waals surface area contributed by atoms with Crippen LogP contribution in [0.4, 0.5) is 5.69 Å². The van der Waals surface area contributed by atoms with Crippen molar-refractivity contribution >= 4 is 17.5 Å². The largest absolute Gasteiger partial charge is 0.492 e. The highest BCUT2D eigenvalue weighted by Gasteiger charge is 2.35. The Morgan fingerprint density at radius 2 is 1.92 bits per heavy atom. The number of amides is 2. The van der Waals surface area contributed by atoms with Crippen molar-refractivity contribution in [3.8, 4) is 5.75 Å². The molecule has 0 saturated carbocycles. The summed E-state index contributed by atoms with van der Waals surface area (Å²) in [5, 5.41) is 2.87. The summed E-state index contributed by atoms with van der Waals surface area (Å²) in [5.74, 6) is 0.361. The van der Waals surface area contributed by atoms with Crippen LogP contribution in [0.25, 0.3) is 0 Å². The van der Waals surface area contributed by atoms with E-state index in [2.05, 4.69) is 5.32 Å². The first kappa shape index (κ1) is 18.0. The fraction of sp³-hybridized carbons (Fsp3) is 0.333. The highest BCUT2D eigenvalue weighted by Crippen LogP contribution is 2.29. The van der Waals surface area contributed by atoms with Crippen LogP contribution in [0.3, 0.4) is 0 Å². The SMILES string of the molecule is Cc1cccc(N2CC(C(=O)NCCOc3ccccc3)CC2=O)c1C. The molecule has 1 N–H and O–H groups in total. The van der Waals surface area contributed by atoms with Crippen LogP contribution in [0.15, 0.2) is 48.5 Å². The van der Waals surface area contributed by atoms with Gasteiger partial charge in [0, 0.05) is 18.7 Å². The van der Waals surface area contributed by atoms with Crippen LogP contribution < -0.4 is 15.0 Å². The third-order valence-corrected chi connectivity index (χ3v) is 4.78. The van der Waals surface area contributed by atoms with Crippen LogP contribution in [-0.4, -0.2) is 31.5 Å². The normalized spacial score (nSPS) is 16.6. The number of ether oxygens (including phenoxy) is 1. The van der Waals surface area contributed by atoms with Crippen molar-refractivity contribution in [2.24, 2.45) is 5.92 Å². The average molecular weight is 352 g/mol. The van der Waals surface area contributed by atoms with Gasteiger partial charge in [-0.05, 0) is 43.2 Å². The molecule has 3 rings (SSSR count). The minimum absolute atomic E-state index is 0.000569. The Morgan fingerprint density at radius 3 is 2.69 bits per heavy atom. The molecule has 0 bridgehead atoms. The molecular formula is C21H24N2O3. The highest BCUT2D eigenvalue weighted by atomic mass is 16.5. The van der Waals surface area contributed by atoms with E-state index in [-0.39, 0.29) is 24.2 Å². The van der Waals surface area contributed by atoms with Crippen molar-refractivity contribution in [3.63, 3.8) is 0 Å². The number of carbonyl (C=O) groups is 2. The maximum absolute atomic E-state index is 12.4. The predicted octanol–water partition coefficient (Wildman–Crippen LogP) is 2.85. The molecule has 0 aromatic heterocycles. The topological polar surface area (TPSA) is 58.6 Å². The smallest absolute Gasteiger partial charge is 0.227 e. The van der Waals surface area contributed by atoms with Crippen molar-refractivity contribution in [2.45, 2.75) is 20.3 Å². The number of nitrogens with one attached hydrogen (secondary N) is 1. The van der Waals surface area contributed by atoms with E-state index < -0.39 is 0 Å². The first-order valence-electron chi connectivity index (χ1n) is 8.88. The number of benzene rings is 2. The van der Waals surface area contributed by atoms with Crippen LogP contribution in [0.2, 0.25) is 0 Å². The summed E-state index contributed by atoms with van der Waals surface area (Å²) in [6.45, 7) is 5.27. The zero-order valence-corrected chi connectivity index (χ0v) is 15.2. The molecule has 2 aromatic carbocycles. The standard InChI is InChI=1S/C21H24N2O3/c1-15-7-6-10-19(16(15)2)23-14-17(13-20(23)24)21(25)22-11-12-26-18-8-4-3-5-9-18/h3-10,17H,11-14H2,1-2H3,(H,22,25). The fourth-order valence-corrected chi connectivity index (χ4v) is 3.15. The average Bonchev–Trinajstić information content (AvgIpc) is 3.03. The van der Waals surface area contributed by atoms with E-state index in [0.29, 0.717) is 19.7 Å². The van der Waals surface area contributed by atoms with Gasteiger partial charge in [0.2, 0.25) is 11.8 Å². The number of para-hydroxylation sites is 1. The fourth-order valence-electron chi connectivity index (χ4n) is 3.15. The molecule has 5 heteroatoms. The van der Waals surface area contributed by atoms with E-state index in [1.54, 1.807) is 4.90 Å². The van der Waals surface area contributed by atoms with Gasteiger partial charge in [-0.3, -0.25) is 9.59 Å². The lowest BCUT2D eigenvalue weighted by Crippen LogP contribution is -2.35. The van der Waals surface area contributed by atoms with Gasteiger partial charge in [0.05, 0.1) is 12.5 Å². The second-order valence-corrected chi connectivity index (χ2v) is 6.58. The Kier molecular flexibility index (Phi) is 5.56. The van der Waals surface area contributed by atoms with Crippen LogP contribution in [-0.2, 0) is 9.59 Å². The van der Waals surface area contributed by atoms with E-state index in [0.717, 1.165) is 22.6 Å². The van der Waals surface area contributed by atoms with Crippen molar-refractivity contribution in [1.82, 2.24) is 5.32 Å². The Hall–Kier alpha value is -2.82. The molecule has 136 valence electrons. The van der Waals surface area contributed by atoms with Gasteiger partial charge in [-0.1, -0.05) is 30.3 Å². The van der Waals surface area contributed by atoms with Gasteiger partial charge in [0.1, 0.15) is 12.4 Å². The molecule has 1 atom stereocenters. The quantitative estimate of drug-likeness (QED) is 0.814. The highest BCUT2D eigenvalue weighted by molar-refractivity contribution is 6.00. The molecule has 1 saturated heterocycles. The number of aryl methyl sites for hydroxylation is 1. The molecule has 1 unspecified atom stereocenters. The third kappa shape index (κ3) is 4.04. The Bertz CT molecular complexity index is 789. The van der Waals surface area contributed by atoms with E-state index in [1.165, 1.54) is 0 Å². The lowest BCUT2D eigenvalue weighted by molar-refractivity contribution is -0.126. The van der Waals surface area contributed by atoms with E-state index >= 15 is 0 Å². The minimum Gasteiger partial charge on any atom is -0.492 e. The summed E-state index contributed by atoms with van der Waals surface area (Å²) in [7, 11) is 0. The Labute approximate surface area is 154 Å². The third-order valence-electron chi connectivity index (χ3n) is 4.78. The minimum atomic E-state index is -0.320. The monoisotopic (exact) mass is 352 g/mol. The van der Waals surface area contributed by atoms with Gasteiger partial charge in [-0.15, -0.1) is 0 Å². The number of anilines is 1. The van der Waals surface area contributed by atoms with Crippen LogP contribution in [0.5, 0.6) is 5.75 Å². The molecule has 0 aliphatic carbocycles. The van der Waals surface area contributed by atoms with Crippen LogP contribution in [0, 0.1) is 19.8 Å². The number of hydrogen-bond acceptors (Lipinski definition) is 3. The molecule has 1 aliphatic rings. The molecule has 1 aliphatic heterocycles. The number of carbonyl (C=O) groups excluding carboxylic acids is 2. The van der Waals surface area contributed by atoms with Crippen molar-refractivity contribution in [2.75, 3.05) is 24.6 Å². The molecule has 0 radical (unpaired) electrons. The summed E-state index contributed by atoms with van der Waals surface area (Å²) in [6, 6.07) is 15.4. The predicted molar refractivity (Wildman–Crippen MR) is 101 cm³/mol. The maximum atomic E-state index is 12.4. The number of hydrogen-bond donors (Lipinski definition) is 1. The molecule has 2 amide bonds. The zero-order valence-electron chi connectivity index (χ0n) is 15.2. The zero-order chi connectivity index (χ0) is 18.5. The molecule has 5 nitrogen and oxygen atoms in total. The summed E-state index contributed by atoms with van der Waals surface area (Å²) in [6.07, 6.45) is 0.249. The van der Waals surface area contributed by atoms with Gasteiger partial charge >= 0.3 is 0 Å². The first-order valence-corrected chi connectivity index (χ1v) is 8.88. The lowest BCUT2D eigenvalue weighted by atomic mass is 10.1. The van der Waals surface area contributed by atoms with Crippen molar-refractivity contribution in [1.29, 1.82) is 0 Å². The number of rotatable bonds is 6. The summed E-state index contributed by atoms with van der Waals surface area (Å²) >= 11 is 0. The molecule has 26 heavy (non-hydrogen) atoms. The van der Waals surface area contributed by atoms with Gasteiger partial charge in [0.15, 0.2) is 0 Å². The summed E-state index contributed by atoms with van der Waals surface area (Å²) in [4.78, 5) is 26.5. The van der Waals surface area contributed by atoms with Crippen molar-refractivity contribution in [3.05, 3.63) is 59.7 Å².